The maximum atomic E-state index is 12.6. The molecular weight excluding hydrogens is 273 g/mol. The zero-order valence-electron chi connectivity index (χ0n) is 11.2. The predicted octanol–water partition coefficient (Wildman–Crippen LogP) is 2.83. The average molecular weight is 286 g/mol. The molecule has 0 atom stereocenters. The molecule has 7 heteroatoms. The summed E-state index contributed by atoms with van der Waals surface area (Å²) in [5.74, 6) is 0.550. The predicted molar refractivity (Wildman–Crippen MR) is 65.5 cm³/mol. The second kappa shape index (κ2) is 4.81. The highest BCUT2D eigenvalue weighted by Crippen LogP contribution is 2.28. The van der Waals surface area contributed by atoms with Crippen molar-refractivity contribution in [1.82, 2.24) is 9.72 Å². The highest BCUT2D eigenvalue weighted by atomic mass is 19.4. The lowest BCUT2D eigenvalue weighted by Crippen LogP contribution is -2.25. The molecule has 4 nitrogen and oxygen atoms in total. The lowest BCUT2D eigenvalue weighted by molar-refractivity contribution is -0.137. The van der Waals surface area contributed by atoms with Gasteiger partial charge in [0.25, 0.3) is 5.56 Å². The van der Waals surface area contributed by atoms with Crippen molar-refractivity contribution in [3.63, 3.8) is 0 Å². The van der Waals surface area contributed by atoms with Crippen LogP contribution in [0.4, 0.5) is 13.2 Å². The Kier molecular flexibility index (Phi) is 3.45. The van der Waals surface area contributed by atoms with Crippen LogP contribution in [0, 0.1) is 20.8 Å². The molecular formula is C13H13F3N2O2. The van der Waals surface area contributed by atoms with Gasteiger partial charge in [0, 0.05) is 17.3 Å². The Morgan fingerprint density at radius 2 is 1.90 bits per heavy atom. The van der Waals surface area contributed by atoms with Gasteiger partial charge in [0.1, 0.15) is 5.76 Å². The van der Waals surface area contributed by atoms with E-state index in [1.165, 1.54) is 11.5 Å². The van der Waals surface area contributed by atoms with E-state index >= 15 is 0 Å². The lowest BCUT2D eigenvalue weighted by atomic mass is 10.1. The summed E-state index contributed by atoms with van der Waals surface area (Å²) >= 11 is 0. The summed E-state index contributed by atoms with van der Waals surface area (Å²) in [5, 5.41) is 3.76. The Bertz CT molecular complexity index is 679. The summed E-state index contributed by atoms with van der Waals surface area (Å²) in [4.78, 5) is 11.9. The quantitative estimate of drug-likeness (QED) is 0.853. The van der Waals surface area contributed by atoms with Crippen molar-refractivity contribution in [2.24, 2.45) is 0 Å². The molecule has 0 N–H and O–H groups in total. The van der Waals surface area contributed by atoms with E-state index in [9.17, 15) is 18.0 Å². The summed E-state index contributed by atoms with van der Waals surface area (Å²) in [6.07, 6.45) is -4.52. The molecule has 0 bridgehead atoms. The zero-order chi connectivity index (χ0) is 15.1. The van der Waals surface area contributed by atoms with E-state index in [-0.39, 0.29) is 12.2 Å². The minimum Gasteiger partial charge on any atom is -0.361 e. The molecule has 2 aromatic rings. The highest BCUT2D eigenvalue weighted by Gasteiger charge is 2.31. The fourth-order valence-corrected chi connectivity index (χ4v) is 1.98. The molecule has 2 rings (SSSR count). The smallest absolute Gasteiger partial charge is 0.361 e. The number of pyridine rings is 1. The molecule has 0 saturated carbocycles. The van der Waals surface area contributed by atoms with Crippen LogP contribution in [0.1, 0.15) is 28.3 Å². The van der Waals surface area contributed by atoms with Gasteiger partial charge in [-0.3, -0.25) is 4.79 Å². The maximum absolute atomic E-state index is 12.6. The van der Waals surface area contributed by atoms with Crippen LogP contribution in [0.25, 0.3) is 0 Å². The largest absolute Gasteiger partial charge is 0.416 e. The summed E-state index contributed by atoms with van der Waals surface area (Å²) in [7, 11) is 0. The van der Waals surface area contributed by atoms with E-state index in [1.54, 1.807) is 13.8 Å². The number of aryl methyl sites for hydroxylation is 3. The molecule has 108 valence electrons. The van der Waals surface area contributed by atoms with E-state index in [0.29, 0.717) is 23.1 Å². The van der Waals surface area contributed by atoms with Crippen LogP contribution >= 0.6 is 0 Å². The molecule has 0 unspecified atom stereocenters. The average Bonchev–Trinajstić information content (AvgIpc) is 2.63. The van der Waals surface area contributed by atoms with Crippen LogP contribution in [0.15, 0.2) is 21.5 Å². The highest BCUT2D eigenvalue weighted by molar-refractivity contribution is 5.25. The number of rotatable bonds is 2. The minimum absolute atomic E-state index is 0.143. The van der Waals surface area contributed by atoms with E-state index in [0.717, 1.165) is 6.07 Å². The second-order valence-electron chi connectivity index (χ2n) is 4.61. The first-order valence-electron chi connectivity index (χ1n) is 5.90. The van der Waals surface area contributed by atoms with Crippen molar-refractivity contribution in [2.45, 2.75) is 33.5 Å². The van der Waals surface area contributed by atoms with Crippen LogP contribution in [0.3, 0.4) is 0 Å². The summed E-state index contributed by atoms with van der Waals surface area (Å²) in [6, 6.07) is 1.56. The first kappa shape index (κ1) is 14.4. The van der Waals surface area contributed by atoms with E-state index in [1.807, 2.05) is 0 Å². The van der Waals surface area contributed by atoms with Gasteiger partial charge in [-0.15, -0.1) is 0 Å². The van der Waals surface area contributed by atoms with Gasteiger partial charge in [-0.2, -0.15) is 13.2 Å². The van der Waals surface area contributed by atoms with Gasteiger partial charge in [-0.25, -0.2) is 0 Å². The van der Waals surface area contributed by atoms with Crippen LogP contribution in [0.5, 0.6) is 0 Å². The fraction of sp³-hybridized carbons (Fsp3) is 0.385. The number of hydrogen-bond acceptors (Lipinski definition) is 3. The Morgan fingerprint density at radius 1 is 1.25 bits per heavy atom. The second-order valence-corrected chi connectivity index (χ2v) is 4.61. The van der Waals surface area contributed by atoms with Gasteiger partial charge in [-0.05, 0) is 26.8 Å². The molecule has 0 radical (unpaired) electrons. The zero-order valence-corrected chi connectivity index (χ0v) is 11.2. The monoisotopic (exact) mass is 286 g/mol. The van der Waals surface area contributed by atoms with Crippen molar-refractivity contribution >= 4 is 0 Å². The molecule has 0 aliphatic carbocycles. The van der Waals surface area contributed by atoms with E-state index in [2.05, 4.69) is 5.16 Å². The number of alkyl halides is 3. The third kappa shape index (κ3) is 2.61. The molecule has 2 aromatic heterocycles. The van der Waals surface area contributed by atoms with Crippen LogP contribution in [0.2, 0.25) is 0 Å². The van der Waals surface area contributed by atoms with Crippen molar-refractivity contribution < 1.29 is 17.7 Å². The van der Waals surface area contributed by atoms with Gasteiger partial charge in [-0.1, -0.05) is 5.16 Å². The SMILES string of the molecule is Cc1noc(C)c1Cn1c(C)cc(C(F)(F)F)cc1=O. The van der Waals surface area contributed by atoms with Crippen molar-refractivity contribution in [2.75, 3.05) is 0 Å². The molecule has 20 heavy (non-hydrogen) atoms. The summed E-state index contributed by atoms with van der Waals surface area (Å²) < 4.78 is 44.1. The first-order valence-corrected chi connectivity index (χ1v) is 5.90. The van der Waals surface area contributed by atoms with Gasteiger partial charge in [0.05, 0.1) is 17.8 Å². The first-order chi connectivity index (χ1) is 9.20. The van der Waals surface area contributed by atoms with E-state index in [4.69, 9.17) is 4.52 Å². The molecule has 0 saturated heterocycles. The molecule has 0 aromatic carbocycles. The van der Waals surface area contributed by atoms with Crippen LogP contribution < -0.4 is 5.56 Å². The Labute approximate surface area is 112 Å². The molecule has 0 spiro atoms. The van der Waals surface area contributed by atoms with Gasteiger partial charge in [0.15, 0.2) is 0 Å². The number of hydrogen-bond donors (Lipinski definition) is 0. The molecule has 0 fully saturated rings. The Balaban J connectivity index is 2.47. The summed E-state index contributed by atoms with van der Waals surface area (Å²) in [5.41, 5.74) is -0.0687. The third-order valence-corrected chi connectivity index (χ3v) is 3.16. The summed E-state index contributed by atoms with van der Waals surface area (Å²) in [6.45, 7) is 5.02. The molecule has 0 aliphatic rings. The molecule has 0 amide bonds. The van der Waals surface area contributed by atoms with Gasteiger partial charge >= 0.3 is 6.18 Å². The van der Waals surface area contributed by atoms with Crippen molar-refractivity contribution in [1.29, 1.82) is 0 Å². The van der Waals surface area contributed by atoms with E-state index < -0.39 is 17.3 Å². The number of aromatic nitrogens is 2. The Morgan fingerprint density at radius 3 is 2.35 bits per heavy atom. The van der Waals surface area contributed by atoms with Crippen molar-refractivity contribution in [3.8, 4) is 0 Å². The van der Waals surface area contributed by atoms with Crippen molar-refractivity contribution in [3.05, 3.63) is 50.8 Å². The van der Waals surface area contributed by atoms with Gasteiger partial charge < -0.3 is 9.09 Å². The standard InChI is InChI=1S/C13H13F3N2O2/c1-7-4-10(13(14,15)16)5-12(19)18(7)6-11-8(2)17-20-9(11)3/h4-5H,6H2,1-3H3. The lowest BCUT2D eigenvalue weighted by Gasteiger charge is -2.13. The van der Waals surface area contributed by atoms with Gasteiger partial charge in [0.2, 0.25) is 0 Å². The minimum atomic E-state index is -4.52. The normalized spacial score (nSPS) is 11.9. The Hall–Kier alpha value is -2.05. The third-order valence-electron chi connectivity index (χ3n) is 3.16. The number of nitrogens with zero attached hydrogens (tertiary/aromatic N) is 2. The van der Waals surface area contributed by atoms with Crippen LogP contribution in [-0.2, 0) is 12.7 Å². The number of halogens is 3. The molecule has 2 heterocycles. The fourth-order valence-electron chi connectivity index (χ4n) is 1.98. The maximum Gasteiger partial charge on any atom is 0.416 e. The van der Waals surface area contributed by atoms with Crippen LogP contribution in [-0.4, -0.2) is 9.72 Å². The topological polar surface area (TPSA) is 48.0 Å². The molecule has 0 aliphatic heterocycles.